The van der Waals surface area contributed by atoms with Crippen LogP contribution in [0.4, 0.5) is 0 Å². The highest BCUT2D eigenvalue weighted by molar-refractivity contribution is 6.30. The number of aryl methyl sites for hydroxylation is 1. The SMILES string of the molecule is Cc1c(CC(=O)NCc2cccc(Cl)c2)c(=O)oc2cc3occ(C(C)(C)C)c3cc12. The molecule has 0 unspecified atom stereocenters. The van der Waals surface area contributed by atoms with Gasteiger partial charge in [-0.25, -0.2) is 4.79 Å². The number of carbonyl (C=O) groups excluding carboxylic acids is 1. The van der Waals surface area contributed by atoms with Crippen LogP contribution in [-0.4, -0.2) is 5.91 Å². The molecule has 0 aliphatic heterocycles. The van der Waals surface area contributed by atoms with Crippen molar-refractivity contribution in [2.75, 3.05) is 0 Å². The van der Waals surface area contributed by atoms with Crippen LogP contribution >= 0.6 is 11.6 Å². The molecule has 0 aliphatic carbocycles. The van der Waals surface area contributed by atoms with E-state index in [0.29, 0.717) is 28.3 Å². The van der Waals surface area contributed by atoms with Gasteiger partial charge in [-0.3, -0.25) is 4.79 Å². The maximum Gasteiger partial charge on any atom is 0.340 e. The molecule has 0 atom stereocenters. The molecule has 0 saturated heterocycles. The van der Waals surface area contributed by atoms with Crippen LogP contribution in [0.2, 0.25) is 5.02 Å². The average Bonchev–Trinajstić information content (AvgIpc) is 3.12. The van der Waals surface area contributed by atoms with Gasteiger partial charge in [-0.05, 0) is 41.7 Å². The third-order valence-corrected chi connectivity index (χ3v) is 5.74. The highest BCUT2D eigenvalue weighted by atomic mass is 35.5. The summed E-state index contributed by atoms with van der Waals surface area (Å²) < 4.78 is 11.2. The van der Waals surface area contributed by atoms with Crippen LogP contribution < -0.4 is 10.9 Å². The topological polar surface area (TPSA) is 72.5 Å². The summed E-state index contributed by atoms with van der Waals surface area (Å²) in [5.41, 5.74) is 3.59. The third-order valence-electron chi connectivity index (χ3n) is 5.51. The molecular formula is C25H24ClNO4. The lowest BCUT2D eigenvalue weighted by Gasteiger charge is -2.16. The van der Waals surface area contributed by atoms with Crippen molar-refractivity contribution in [3.63, 3.8) is 0 Å². The molecule has 2 aromatic carbocycles. The van der Waals surface area contributed by atoms with Crippen molar-refractivity contribution in [1.29, 1.82) is 0 Å². The Hall–Kier alpha value is -3.05. The first-order chi connectivity index (χ1) is 14.6. The van der Waals surface area contributed by atoms with Gasteiger partial charge in [0.05, 0.1) is 18.2 Å². The summed E-state index contributed by atoms with van der Waals surface area (Å²) in [6.45, 7) is 8.54. The average molecular weight is 438 g/mol. The maximum atomic E-state index is 12.6. The van der Waals surface area contributed by atoms with E-state index in [2.05, 4.69) is 26.1 Å². The number of hydrogen-bond donors (Lipinski definition) is 1. The van der Waals surface area contributed by atoms with Crippen molar-refractivity contribution in [3.8, 4) is 0 Å². The fourth-order valence-corrected chi connectivity index (χ4v) is 3.98. The molecule has 31 heavy (non-hydrogen) atoms. The molecule has 160 valence electrons. The first kappa shape index (κ1) is 21.2. The third kappa shape index (κ3) is 4.23. The van der Waals surface area contributed by atoms with Gasteiger partial charge in [0.25, 0.3) is 0 Å². The smallest absolute Gasteiger partial charge is 0.340 e. The van der Waals surface area contributed by atoms with Crippen molar-refractivity contribution in [3.05, 3.63) is 80.4 Å². The second-order valence-corrected chi connectivity index (χ2v) is 9.26. The van der Waals surface area contributed by atoms with Crippen molar-refractivity contribution in [2.24, 2.45) is 0 Å². The Bertz CT molecular complexity index is 1360. The molecular weight excluding hydrogens is 414 g/mol. The van der Waals surface area contributed by atoms with Crippen LogP contribution in [-0.2, 0) is 23.2 Å². The summed E-state index contributed by atoms with van der Waals surface area (Å²) >= 11 is 5.99. The fraction of sp³-hybridized carbons (Fsp3) is 0.280. The number of nitrogens with one attached hydrogen (secondary N) is 1. The van der Waals surface area contributed by atoms with E-state index in [1.807, 2.05) is 25.1 Å². The van der Waals surface area contributed by atoms with Crippen molar-refractivity contribution in [2.45, 2.75) is 46.1 Å². The summed E-state index contributed by atoms with van der Waals surface area (Å²) in [7, 11) is 0. The number of amides is 1. The normalized spacial score (nSPS) is 11.9. The lowest BCUT2D eigenvalue weighted by molar-refractivity contribution is -0.120. The summed E-state index contributed by atoms with van der Waals surface area (Å²) in [4.78, 5) is 25.1. The molecule has 0 bridgehead atoms. The lowest BCUT2D eigenvalue weighted by Crippen LogP contribution is -2.27. The standard InChI is InChI=1S/C25H24ClNO4/c1-14-17-9-19-20(25(2,3)4)13-30-21(19)11-22(17)31-24(29)18(14)10-23(28)27-12-15-6-5-7-16(26)8-15/h5-9,11,13H,10,12H2,1-4H3,(H,27,28). The van der Waals surface area contributed by atoms with Gasteiger partial charge in [0.15, 0.2) is 0 Å². The zero-order valence-corrected chi connectivity index (χ0v) is 18.7. The Morgan fingerprint density at radius 2 is 1.87 bits per heavy atom. The van der Waals surface area contributed by atoms with Crippen LogP contribution in [0.15, 0.2) is 56.3 Å². The van der Waals surface area contributed by atoms with Crippen LogP contribution in [0.3, 0.4) is 0 Å². The van der Waals surface area contributed by atoms with Crippen molar-refractivity contribution < 1.29 is 13.6 Å². The summed E-state index contributed by atoms with van der Waals surface area (Å²) in [6.07, 6.45) is 1.70. The number of furan rings is 1. The number of carbonyl (C=O) groups is 1. The van der Waals surface area contributed by atoms with Crippen LogP contribution in [0.5, 0.6) is 0 Å². The predicted molar refractivity (Wildman–Crippen MR) is 123 cm³/mol. The minimum Gasteiger partial charge on any atom is -0.464 e. The second kappa shape index (κ2) is 7.89. The summed E-state index contributed by atoms with van der Waals surface area (Å²) in [6, 6.07) is 11.0. The van der Waals surface area contributed by atoms with Crippen molar-refractivity contribution >= 4 is 39.4 Å². The predicted octanol–water partition coefficient (Wildman–Crippen LogP) is 5.66. The molecule has 0 fully saturated rings. The number of hydrogen-bond acceptors (Lipinski definition) is 4. The first-order valence-corrected chi connectivity index (χ1v) is 10.5. The maximum absolute atomic E-state index is 12.6. The Morgan fingerprint density at radius 1 is 1.10 bits per heavy atom. The van der Waals surface area contributed by atoms with E-state index in [-0.39, 0.29) is 17.7 Å². The Kier molecular flexibility index (Phi) is 5.40. The quantitative estimate of drug-likeness (QED) is 0.418. The minimum absolute atomic E-state index is 0.0553. The Labute approximate surface area is 185 Å². The molecule has 5 nitrogen and oxygen atoms in total. The molecule has 1 amide bonds. The van der Waals surface area contributed by atoms with Gasteiger partial charge in [-0.2, -0.15) is 0 Å². The van der Waals surface area contributed by atoms with E-state index < -0.39 is 5.63 Å². The van der Waals surface area contributed by atoms with E-state index in [1.54, 1.807) is 24.5 Å². The molecule has 0 aliphatic rings. The highest BCUT2D eigenvalue weighted by Gasteiger charge is 2.22. The molecule has 1 N–H and O–H groups in total. The number of halogens is 1. The van der Waals surface area contributed by atoms with E-state index in [4.69, 9.17) is 20.4 Å². The molecule has 0 saturated carbocycles. The van der Waals surface area contributed by atoms with Crippen molar-refractivity contribution in [1.82, 2.24) is 5.32 Å². The molecule has 2 heterocycles. The molecule has 0 spiro atoms. The molecule has 0 radical (unpaired) electrons. The first-order valence-electron chi connectivity index (χ1n) is 10.1. The minimum atomic E-state index is -0.509. The number of rotatable bonds is 4. The van der Waals surface area contributed by atoms with Gasteiger partial charge in [0.1, 0.15) is 11.2 Å². The van der Waals surface area contributed by atoms with E-state index in [0.717, 1.165) is 27.5 Å². The highest BCUT2D eigenvalue weighted by Crippen LogP contribution is 2.35. The van der Waals surface area contributed by atoms with E-state index in [1.165, 1.54) is 0 Å². The Morgan fingerprint density at radius 3 is 2.58 bits per heavy atom. The monoisotopic (exact) mass is 437 g/mol. The van der Waals surface area contributed by atoms with Gasteiger partial charge >= 0.3 is 5.63 Å². The summed E-state index contributed by atoms with van der Waals surface area (Å²) in [5.74, 6) is -0.255. The zero-order valence-electron chi connectivity index (χ0n) is 18.0. The van der Waals surface area contributed by atoms with Gasteiger partial charge in [0.2, 0.25) is 5.91 Å². The van der Waals surface area contributed by atoms with Crippen LogP contribution in [0.25, 0.3) is 21.9 Å². The van der Waals surface area contributed by atoms with Crippen LogP contribution in [0.1, 0.15) is 43.0 Å². The number of fused-ring (bicyclic) bond motifs is 2. The zero-order chi connectivity index (χ0) is 22.3. The fourth-order valence-electron chi connectivity index (χ4n) is 3.77. The number of benzene rings is 2. The van der Waals surface area contributed by atoms with E-state index >= 15 is 0 Å². The molecule has 4 aromatic rings. The Balaban J connectivity index is 1.66. The van der Waals surface area contributed by atoms with Crippen LogP contribution in [0, 0.1) is 6.92 Å². The second-order valence-electron chi connectivity index (χ2n) is 8.82. The molecule has 6 heteroatoms. The lowest BCUT2D eigenvalue weighted by atomic mass is 9.86. The van der Waals surface area contributed by atoms with Gasteiger partial charge in [0, 0.05) is 34.0 Å². The molecule has 4 rings (SSSR count). The van der Waals surface area contributed by atoms with Gasteiger partial charge in [-0.1, -0.05) is 44.5 Å². The van der Waals surface area contributed by atoms with E-state index in [9.17, 15) is 9.59 Å². The molecule has 2 aromatic heterocycles. The summed E-state index contributed by atoms with van der Waals surface area (Å²) in [5, 5.41) is 5.23. The van der Waals surface area contributed by atoms with Gasteiger partial charge in [-0.15, -0.1) is 0 Å². The largest absolute Gasteiger partial charge is 0.464 e. The van der Waals surface area contributed by atoms with Gasteiger partial charge < -0.3 is 14.2 Å².